The largest absolute Gasteiger partial charge is 0.393 e. The predicted octanol–water partition coefficient (Wildman–Crippen LogP) is 1.53. The van der Waals surface area contributed by atoms with Crippen LogP contribution in [0, 0.1) is 5.92 Å². The highest BCUT2D eigenvalue weighted by atomic mass is 32.1. The quantitative estimate of drug-likeness (QED) is 0.733. The summed E-state index contributed by atoms with van der Waals surface area (Å²) in [4.78, 5) is 1.01. The Morgan fingerprint density at radius 1 is 1.50 bits per heavy atom. The molecule has 3 atom stereocenters. The average molecular weight is 241 g/mol. The molecule has 0 bridgehead atoms. The molecule has 1 aliphatic carbocycles. The van der Waals surface area contributed by atoms with Gasteiger partial charge in [-0.1, -0.05) is 6.07 Å². The summed E-state index contributed by atoms with van der Waals surface area (Å²) < 4.78 is 0. The lowest BCUT2D eigenvalue weighted by atomic mass is 10.1. The van der Waals surface area contributed by atoms with Gasteiger partial charge in [0.1, 0.15) is 6.10 Å². The molecule has 1 aromatic rings. The highest BCUT2D eigenvalue weighted by Crippen LogP contribution is 2.24. The van der Waals surface area contributed by atoms with E-state index in [9.17, 15) is 10.2 Å². The molecular formula is C12H19NO2S. The van der Waals surface area contributed by atoms with Gasteiger partial charge in [0, 0.05) is 11.4 Å². The summed E-state index contributed by atoms with van der Waals surface area (Å²) in [5.74, 6) is 0.575. The third kappa shape index (κ3) is 3.28. The molecule has 0 saturated heterocycles. The Morgan fingerprint density at radius 3 is 3.00 bits per heavy atom. The topological polar surface area (TPSA) is 52.5 Å². The van der Waals surface area contributed by atoms with E-state index in [4.69, 9.17) is 0 Å². The summed E-state index contributed by atoms with van der Waals surface area (Å²) in [6, 6.07) is 3.91. The molecule has 3 unspecified atom stereocenters. The number of hydrogen-bond acceptors (Lipinski definition) is 4. The van der Waals surface area contributed by atoms with E-state index in [1.54, 1.807) is 11.3 Å². The Morgan fingerprint density at radius 2 is 2.38 bits per heavy atom. The van der Waals surface area contributed by atoms with Crippen LogP contribution in [-0.4, -0.2) is 29.4 Å². The van der Waals surface area contributed by atoms with E-state index in [1.807, 2.05) is 17.5 Å². The number of rotatable bonds is 5. The van der Waals surface area contributed by atoms with E-state index in [1.165, 1.54) is 0 Å². The van der Waals surface area contributed by atoms with Gasteiger partial charge in [-0.3, -0.25) is 0 Å². The predicted molar refractivity (Wildman–Crippen MR) is 65.5 cm³/mol. The van der Waals surface area contributed by atoms with Crippen LogP contribution < -0.4 is 5.32 Å². The normalized spacial score (nSPS) is 27.1. The SMILES string of the molecule is OC1CCC(CNCC(O)c2cccs2)C1. The fraction of sp³-hybridized carbons (Fsp3) is 0.667. The van der Waals surface area contributed by atoms with Gasteiger partial charge in [0.05, 0.1) is 6.10 Å². The second-order valence-corrected chi connectivity index (χ2v) is 5.50. The van der Waals surface area contributed by atoms with Crippen LogP contribution in [0.4, 0.5) is 0 Å². The van der Waals surface area contributed by atoms with Crippen LogP contribution in [0.5, 0.6) is 0 Å². The monoisotopic (exact) mass is 241 g/mol. The Bertz CT molecular complexity index is 302. The van der Waals surface area contributed by atoms with E-state index >= 15 is 0 Å². The molecule has 0 radical (unpaired) electrons. The van der Waals surface area contributed by atoms with Crippen LogP contribution in [0.15, 0.2) is 17.5 Å². The lowest BCUT2D eigenvalue weighted by molar-refractivity contribution is 0.169. The third-order valence-corrected chi connectivity index (χ3v) is 4.13. The van der Waals surface area contributed by atoms with Crippen LogP contribution in [-0.2, 0) is 0 Å². The number of hydrogen-bond donors (Lipinski definition) is 3. The van der Waals surface area contributed by atoms with E-state index < -0.39 is 6.10 Å². The van der Waals surface area contributed by atoms with Crippen molar-refractivity contribution < 1.29 is 10.2 Å². The van der Waals surface area contributed by atoms with Crippen LogP contribution >= 0.6 is 11.3 Å². The maximum absolute atomic E-state index is 9.83. The number of nitrogens with one attached hydrogen (secondary N) is 1. The van der Waals surface area contributed by atoms with Crippen molar-refractivity contribution in [2.24, 2.45) is 5.92 Å². The van der Waals surface area contributed by atoms with Gasteiger partial charge in [-0.05, 0) is 43.2 Å². The smallest absolute Gasteiger partial charge is 0.101 e. The molecule has 1 saturated carbocycles. The van der Waals surface area contributed by atoms with Crippen molar-refractivity contribution >= 4 is 11.3 Å². The number of aliphatic hydroxyl groups is 2. The van der Waals surface area contributed by atoms with Crippen molar-refractivity contribution in [1.29, 1.82) is 0 Å². The Kier molecular flexibility index (Phi) is 4.35. The summed E-state index contributed by atoms with van der Waals surface area (Å²) in [6.07, 6.45) is 2.44. The van der Waals surface area contributed by atoms with Crippen LogP contribution in [0.2, 0.25) is 0 Å². The van der Waals surface area contributed by atoms with Crippen LogP contribution in [0.25, 0.3) is 0 Å². The van der Waals surface area contributed by atoms with Gasteiger partial charge >= 0.3 is 0 Å². The molecule has 0 amide bonds. The zero-order chi connectivity index (χ0) is 11.4. The fourth-order valence-electron chi connectivity index (χ4n) is 2.24. The van der Waals surface area contributed by atoms with Crippen LogP contribution in [0.1, 0.15) is 30.2 Å². The molecule has 1 aliphatic rings. The summed E-state index contributed by atoms with van der Waals surface area (Å²) in [6.45, 7) is 1.51. The number of aliphatic hydroxyl groups excluding tert-OH is 2. The maximum atomic E-state index is 9.83. The molecule has 4 heteroatoms. The first-order valence-corrected chi connectivity index (χ1v) is 6.74. The molecule has 16 heavy (non-hydrogen) atoms. The lowest BCUT2D eigenvalue weighted by Crippen LogP contribution is -2.26. The molecule has 0 spiro atoms. The molecule has 1 aromatic heterocycles. The van der Waals surface area contributed by atoms with Crippen molar-refractivity contribution in [3.05, 3.63) is 22.4 Å². The van der Waals surface area contributed by atoms with Crippen molar-refractivity contribution in [3.8, 4) is 0 Å². The van der Waals surface area contributed by atoms with Crippen molar-refractivity contribution in [3.63, 3.8) is 0 Å². The minimum absolute atomic E-state index is 0.103. The molecule has 3 nitrogen and oxygen atoms in total. The minimum Gasteiger partial charge on any atom is -0.393 e. The van der Waals surface area contributed by atoms with Gasteiger partial charge in [0.2, 0.25) is 0 Å². The van der Waals surface area contributed by atoms with E-state index in [2.05, 4.69) is 5.32 Å². The number of thiophene rings is 1. The second kappa shape index (κ2) is 5.77. The maximum Gasteiger partial charge on any atom is 0.101 e. The van der Waals surface area contributed by atoms with Gasteiger partial charge in [-0.15, -0.1) is 11.3 Å². The first-order chi connectivity index (χ1) is 7.75. The molecule has 2 rings (SSSR count). The van der Waals surface area contributed by atoms with Crippen molar-refractivity contribution in [2.75, 3.05) is 13.1 Å². The third-order valence-electron chi connectivity index (χ3n) is 3.16. The summed E-state index contributed by atoms with van der Waals surface area (Å²) in [5.41, 5.74) is 0. The summed E-state index contributed by atoms with van der Waals surface area (Å²) in [7, 11) is 0. The highest BCUT2D eigenvalue weighted by Gasteiger charge is 2.22. The van der Waals surface area contributed by atoms with E-state index in [0.717, 1.165) is 30.7 Å². The summed E-state index contributed by atoms with van der Waals surface area (Å²) in [5, 5.41) is 24.5. The molecule has 1 heterocycles. The van der Waals surface area contributed by atoms with E-state index in [-0.39, 0.29) is 6.10 Å². The second-order valence-electron chi connectivity index (χ2n) is 4.52. The minimum atomic E-state index is -0.397. The van der Waals surface area contributed by atoms with E-state index in [0.29, 0.717) is 12.5 Å². The molecule has 3 N–H and O–H groups in total. The first-order valence-electron chi connectivity index (χ1n) is 5.86. The van der Waals surface area contributed by atoms with Gasteiger partial charge < -0.3 is 15.5 Å². The van der Waals surface area contributed by atoms with Gasteiger partial charge in [0.15, 0.2) is 0 Å². The van der Waals surface area contributed by atoms with Gasteiger partial charge in [-0.2, -0.15) is 0 Å². The zero-order valence-corrected chi connectivity index (χ0v) is 10.1. The molecule has 1 fully saturated rings. The Labute approximate surface area is 100 Å². The van der Waals surface area contributed by atoms with Crippen molar-refractivity contribution in [1.82, 2.24) is 5.32 Å². The van der Waals surface area contributed by atoms with Crippen LogP contribution in [0.3, 0.4) is 0 Å². The molecule has 90 valence electrons. The first kappa shape index (κ1) is 12.0. The Balaban J connectivity index is 1.64. The molecule has 0 aromatic carbocycles. The van der Waals surface area contributed by atoms with Gasteiger partial charge in [-0.25, -0.2) is 0 Å². The van der Waals surface area contributed by atoms with Crippen molar-refractivity contribution in [2.45, 2.75) is 31.5 Å². The Hall–Kier alpha value is -0.420. The summed E-state index contributed by atoms with van der Waals surface area (Å²) >= 11 is 1.58. The molecular weight excluding hydrogens is 222 g/mol. The average Bonchev–Trinajstić information content (AvgIpc) is 2.89. The zero-order valence-electron chi connectivity index (χ0n) is 9.30. The molecule has 0 aliphatic heterocycles. The lowest BCUT2D eigenvalue weighted by Gasteiger charge is -2.13. The standard InChI is InChI=1S/C12H19NO2S/c14-10-4-3-9(6-10)7-13-8-11(15)12-2-1-5-16-12/h1-2,5,9-11,13-15H,3-4,6-8H2. The fourth-order valence-corrected chi connectivity index (χ4v) is 2.95. The highest BCUT2D eigenvalue weighted by molar-refractivity contribution is 7.10. The van der Waals surface area contributed by atoms with Gasteiger partial charge in [0.25, 0.3) is 0 Å².